The Morgan fingerprint density at radius 1 is 0.299 bits per heavy atom. The van der Waals surface area contributed by atoms with Gasteiger partial charge in [0.2, 0.25) is 0 Å². The van der Waals surface area contributed by atoms with Gasteiger partial charge in [-0.25, -0.2) is 9.13 Å². The van der Waals surface area contributed by atoms with Crippen LogP contribution in [0.5, 0.6) is 0 Å². The van der Waals surface area contributed by atoms with Gasteiger partial charge in [-0.3, -0.25) is 37.3 Å². The first kappa shape index (κ1) is 95.1. The summed E-state index contributed by atoms with van der Waals surface area (Å²) in [4.78, 5) is 72.6. The zero-order valence-electron chi connectivity index (χ0n) is 63.4. The molecule has 0 aliphatic carbocycles. The molecule has 19 heteroatoms. The van der Waals surface area contributed by atoms with E-state index in [1.165, 1.54) is 218 Å². The van der Waals surface area contributed by atoms with Crippen LogP contribution < -0.4 is 0 Å². The number of esters is 4. The number of unbranched alkanes of at least 4 members (excludes halogenated alkanes) is 46. The molecule has 0 rings (SSSR count). The van der Waals surface area contributed by atoms with E-state index in [4.69, 9.17) is 37.0 Å². The average Bonchev–Trinajstić information content (AvgIpc) is 1.18. The summed E-state index contributed by atoms with van der Waals surface area (Å²) < 4.78 is 68.4. The number of hydrogen-bond acceptors (Lipinski definition) is 15. The molecule has 0 radical (unpaired) electrons. The second kappa shape index (κ2) is 69.8. The predicted molar refractivity (Wildman–Crippen MR) is 395 cm³/mol. The van der Waals surface area contributed by atoms with Crippen molar-refractivity contribution in [3.63, 3.8) is 0 Å². The van der Waals surface area contributed by atoms with Crippen molar-refractivity contribution in [1.82, 2.24) is 0 Å². The minimum absolute atomic E-state index is 0.105. The lowest BCUT2D eigenvalue weighted by atomic mass is 9.99. The molecular weight excluding hydrogens is 1270 g/mol. The van der Waals surface area contributed by atoms with Gasteiger partial charge in [-0.05, 0) is 37.5 Å². The summed E-state index contributed by atoms with van der Waals surface area (Å²) in [6, 6.07) is 0. The van der Waals surface area contributed by atoms with Crippen LogP contribution in [0.4, 0.5) is 0 Å². The van der Waals surface area contributed by atoms with Crippen LogP contribution in [-0.2, 0) is 65.4 Å². The maximum Gasteiger partial charge on any atom is 0.472 e. The monoisotopic (exact) mass is 1420 g/mol. The fourth-order valence-electron chi connectivity index (χ4n) is 12.0. The van der Waals surface area contributed by atoms with Crippen LogP contribution in [0.25, 0.3) is 0 Å². The SMILES string of the molecule is CCCCCCCCCCCCCCCCCCCCCCCC(=O)O[C@H](COC(=O)CCCCCCCCCCCCCCCCC(C)C)COP(=O)(O)OC[C@@H](O)COP(=O)(O)OC[C@@H](COC(=O)CCCCCCC)OC(=O)CCCCCCCCCCCCC(C)CC. The fourth-order valence-corrected chi connectivity index (χ4v) is 13.6. The minimum atomic E-state index is -4.96. The maximum atomic E-state index is 13.1. The van der Waals surface area contributed by atoms with Gasteiger partial charge in [-0.2, -0.15) is 0 Å². The Morgan fingerprint density at radius 3 is 0.784 bits per heavy atom. The minimum Gasteiger partial charge on any atom is -0.462 e. The van der Waals surface area contributed by atoms with E-state index in [2.05, 4.69) is 41.5 Å². The average molecular weight is 1420 g/mol. The first-order valence-electron chi connectivity index (χ1n) is 40.5. The van der Waals surface area contributed by atoms with Crippen LogP contribution in [0.1, 0.15) is 408 Å². The number of ether oxygens (including phenoxy) is 4. The lowest BCUT2D eigenvalue weighted by Crippen LogP contribution is -2.30. The van der Waals surface area contributed by atoms with Crippen LogP contribution in [0.2, 0.25) is 0 Å². The molecule has 0 amide bonds. The van der Waals surface area contributed by atoms with Crippen molar-refractivity contribution in [1.29, 1.82) is 0 Å². The van der Waals surface area contributed by atoms with Crippen molar-refractivity contribution in [3.05, 3.63) is 0 Å². The van der Waals surface area contributed by atoms with E-state index >= 15 is 0 Å². The lowest BCUT2D eigenvalue weighted by molar-refractivity contribution is -0.161. The highest BCUT2D eigenvalue weighted by Gasteiger charge is 2.30. The molecule has 0 aromatic carbocycles. The van der Waals surface area contributed by atoms with Gasteiger partial charge >= 0.3 is 39.5 Å². The molecule has 0 aliphatic rings. The maximum absolute atomic E-state index is 13.1. The van der Waals surface area contributed by atoms with Crippen LogP contribution in [0.15, 0.2) is 0 Å². The molecule has 3 unspecified atom stereocenters. The standard InChI is InChI=1S/C78H152O17P2/c1-7-10-12-14-15-16-17-18-19-20-21-22-23-24-25-30-33-39-44-50-56-62-78(83)95-74(67-89-76(81)61-55-49-43-38-32-29-27-26-28-31-36-41-47-52-58-70(4)5)69-93-97(86,87)91-65-72(79)64-90-96(84,85)92-68-73(66-88-75(80)60-54-46-13-11-8-2)94-77(82)63-57-51-45-40-35-34-37-42-48-53-59-71(6)9-3/h70-74,79H,7-69H2,1-6H3,(H,84,85)(H,86,87)/t71?,72-,73+,74+/m0/s1. The van der Waals surface area contributed by atoms with Crippen molar-refractivity contribution in [2.75, 3.05) is 39.6 Å². The Morgan fingerprint density at radius 2 is 0.526 bits per heavy atom. The number of hydrogen-bond donors (Lipinski definition) is 3. The number of rotatable bonds is 77. The van der Waals surface area contributed by atoms with Crippen molar-refractivity contribution in [2.24, 2.45) is 11.8 Å². The van der Waals surface area contributed by atoms with Gasteiger partial charge in [-0.1, -0.05) is 356 Å². The molecule has 0 fully saturated rings. The van der Waals surface area contributed by atoms with E-state index in [0.717, 1.165) is 108 Å². The Bertz CT molecular complexity index is 1870. The van der Waals surface area contributed by atoms with E-state index < -0.39 is 97.5 Å². The largest absolute Gasteiger partial charge is 0.472 e. The van der Waals surface area contributed by atoms with Gasteiger partial charge < -0.3 is 33.8 Å². The topological polar surface area (TPSA) is 237 Å². The number of phosphoric ester groups is 2. The fraction of sp³-hybridized carbons (Fsp3) is 0.949. The van der Waals surface area contributed by atoms with Crippen LogP contribution in [-0.4, -0.2) is 96.7 Å². The van der Waals surface area contributed by atoms with Gasteiger partial charge in [0.1, 0.15) is 19.3 Å². The number of phosphoric acid groups is 2. The highest BCUT2D eigenvalue weighted by molar-refractivity contribution is 7.47. The second-order valence-electron chi connectivity index (χ2n) is 28.8. The van der Waals surface area contributed by atoms with E-state index in [1.54, 1.807) is 0 Å². The molecule has 576 valence electrons. The summed E-state index contributed by atoms with van der Waals surface area (Å²) in [5.74, 6) is -0.523. The zero-order chi connectivity index (χ0) is 71.4. The third-order valence-electron chi connectivity index (χ3n) is 18.6. The molecular formula is C78H152O17P2. The summed E-state index contributed by atoms with van der Waals surface area (Å²) in [5.41, 5.74) is 0. The van der Waals surface area contributed by atoms with E-state index in [-0.39, 0.29) is 25.7 Å². The van der Waals surface area contributed by atoms with Crippen LogP contribution in [0.3, 0.4) is 0 Å². The Balaban J connectivity index is 5.13. The summed E-state index contributed by atoms with van der Waals surface area (Å²) in [5, 5.41) is 10.6. The highest BCUT2D eigenvalue weighted by atomic mass is 31.2. The molecule has 0 heterocycles. The summed E-state index contributed by atoms with van der Waals surface area (Å²) in [6.07, 6.45) is 58.7. The van der Waals surface area contributed by atoms with Crippen molar-refractivity contribution in [2.45, 2.75) is 426 Å². The molecule has 0 aromatic heterocycles. The normalized spacial score (nSPS) is 14.2. The Hall–Kier alpha value is -1.94. The Kier molecular flexibility index (Phi) is 68.4. The van der Waals surface area contributed by atoms with E-state index in [9.17, 15) is 43.2 Å². The number of aliphatic hydroxyl groups is 1. The summed E-state index contributed by atoms with van der Waals surface area (Å²) in [7, 11) is -9.90. The molecule has 6 atom stereocenters. The summed E-state index contributed by atoms with van der Waals surface area (Å²) in [6.45, 7) is 9.56. The molecule has 17 nitrogen and oxygen atoms in total. The van der Waals surface area contributed by atoms with Gasteiger partial charge in [0.05, 0.1) is 26.4 Å². The number of carbonyl (C=O) groups excluding carboxylic acids is 4. The molecule has 0 aliphatic heterocycles. The second-order valence-corrected chi connectivity index (χ2v) is 31.7. The smallest absolute Gasteiger partial charge is 0.462 e. The number of carbonyl (C=O) groups is 4. The van der Waals surface area contributed by atoms with E-state index in [0.29, 0.717) is 25.7 Å². The predicted octanol–water partition coefficient (Wildman–Crippen LogP) is 23.1. The molecule has 0 aromatic rings. The first-order chi connectivity index (χ1) is 46.9. The van der Waals surface area contributed by atoms with Crippen LogP contribution >= 0.6 is 15.6 Å². The van der Waals surface area contributed by atoms with Gasteiger partial charge in [0, 0.05) is 25.7 Å². The Labute approximate surface area is 594 Å². The zero-order valence-corrected chi connectivity index (χ0v) is 65.2. The van der Waals surface area contributed by atoms with Gasteiger partial charge in [0.15, 0.2) is 12.2 Å². The van der Waals surface area contributed by atoms with Gasteiger partial charge in [0.25, 0.3) is 0 Å². The number of aliphatic hydroxyl groups excluding tert-OH is 1. The molecule has 97 heavy (non-hydrogen) atoms. The van der Waals surface area contributed by atoms with Crippen molar-refractivity contribution in [3.8, 4) is 0 Å². The van der Waals surface area contributed by atoms with Crippen LogP contribution in [0, 0.1) is 11.8 Å². The quantitative estimate of drug-likeness (QED) is 0.0222. The molecule has 3 N–H and O–H groups in total. The van der Waals surface area contributed by atoms with Gasteiger partial charge in [-0.15, -0.1) is 0 Å². The van der Waals surface area contributed by atoms with E-state index in [1.807, 2.05) is 0 Å². The lowest BCUT2D eigenvalue weighted by Gasteiger charge is -2.21. The third-order valence-corrected chi connectivity index (χ3v) is 20.5. The van der Waals surface area contributed by atoms with Crippen molar-refractivity contribution >= 4 is 39.5 Å². The molecule has 0 bridgehead atoms. The molecule has 0 saturated heterocycles. The third kappa shape index (κ3) is 70.9. The molecule has 0 spiro atoms. The first-order valence-corrected chi connectivity index (χ1v) is 43.5. The summed E-state index contributed by atoms with van der Waals surface area (Å²) >= 11 is 0. The molecule has 0 saturated carbocycles. The van der Waals surface area contributed by atoms with Crippen molar-refractivity contribution < 1.29 is 80.2 Å². The highest BCUT2D eigenvalue weighted by Crippen LogP contribution is 2.45.